The Labute approximate surface area is 205 Å². The molecule has 188 valence electrons. The second-order valence-corrected chi connectivity index (χ2v) is 10.7. The van der Waals surface area contributed by atoms with Crippen molar-refractivity contribution in [3.63, 3.8) is 0 Å². The summed E-state index contributed by atoms with van der Waals surface area (Å²) in [5, 5.41) is 5.63. The van der Waals surface area contributed by atoms with Gasteiger partial charge in [-0.25, -0.2) is 8.42 Å². The SMILES string of the molecule is Cc1ccc(C(=O)NCCNC(=O)C2CCN(S(=O)(=O)c3ccc4c(c3)OCCCO4)CC2)cc1. The predicted molar refractivity (Wildman–Crippen MR) is 130 cm³/mol. The molecule has 35 heavy (non-hydrogen) atoms. The molecule has 9 nitrogen and oxygen atoms in total. The summed E-state index contributed by atoms with van der Waals surface area (Å²) in [5.74, 6) is 0.409. The van der Waals surface area contributed by atoms with Gasteiger partial charge in [-0.05, 0) is 44.0 Å². The molecule has 0 radical (unpaired) electrons. The highest BCUT2D eigenvalue weighted by Crippen LogP contribution is 2.33. The van der Waals surface area contributed by atoms with Gasteiger partial charge < -0.3 is 20.1 Å². The molecule has 0 aromatic heterocycles. The number of piperidine rings is 1. The third kappa shape index (κ3) is 6.12. The van der Waals surface area contributed by atoms with E-state index < -0.39 is 10.0 Å². The van der Waals surface area contributed by atoms with Crippen LogP contribution in [-0.2, 0) is 14.8 Å². The molecule has 2 heterocycles. The fourth-order valence-corrected chi connectivity index (χ4v) is 5.61. The second kappa shape index (κ2) is 11.1. The molecule has 0 unspecified atom stereocenters. The summed E-state index contributed by atoms with van der Waals surface area (Å²) in [5.41, 5.74) is 1.65. The van der Waals surface area contributed by atoms with Crippen LogP contribution in [0.15, 0.2) is 47.4 Å². The first kappa shape index (κ1) is 25.0. The van der Waals surface area contributed by atoms with E-state index in [4.69, 9.17) is 9.47 Å². The summed E-state index contributed by atoms with van der Waals surface area (Å²) >= 11 is 0. The number of ether oxygens (including phenoxy) is 2. The van der Waals surface area contributed by atoms with Gasteiger partial charge in [0.05, 0.1) is 18.1 Å². The Balaban J connectivity index is 1.23. The zero-order valence-corrected chi connectivity index (χ0v) is 20.6. The topological polar surface area (TPSA) is 114 Å². The zero-order valence-electron chi connectivity index (χ0n) is 19.8. The van der Waals surface area contributed by atoms with Gasteiger partial charge >= 0.3 is 0 Å². The van der Waals surface area contributed by atoms with E-state index in [-0.39, 0.29) is 35.7 Å². The summed E-state index contributed by atoms with van der Waals surface area (Å²) < 4.78 is 38.9. The van der Waals surface area contributed by atoms with Crippen molar-refractivity contribution in [1.29, 1.82) is 0 Å². The van der Waals surface area contributed by atoms with Crippen LogP contribution in [0.2, 0.25) is 0 Å². The number of amides is 2. The van der Waals surface area contributed by atoms with Gasteiger partial charge in [0.25, 0.3) is 5.91 Å². The Morgan fingerprint density at radius 3 is 2.31 bits per heavy atom. The summed E-state index contributed by atoms with van der Waals surface area (Å²) in [6.45, 7) is 4.12. The largest absolute Gasteiger partial charge is 0.490 e. The standard InChI is InChI=1S/C25H31N3O6S/c1-18-3-5-19(6-4-18)24(29)26-11-12-27-25(30)20-9-13-28(14-10-20)35(31,32)21-7-8-22-23(17-21)34-16-2-15-33-22/h3-8,17,20H,2,9-16H2,1H3,(H,26,29)(H,27,30). The Morgan fingerprint density at radius 2 is 1.60 bits per heavy atom. The lowest BCUT2D eigenvalue weighted by atomic mass is 9.97. The van der Waals surface area contributed by atoms with E-state index >= 15 is 0 Å². The Kier molecular flexibility index (Phi) is 7.92. The zero-order chi connectivity index (χ0) is 24.8. The number of rotatable bonds is 7. The maximum atomic E-state index is 13.1. The van der Waals surface area contributed by atoms with Crippen molar-refractivity contribution in [2.45, 2.75) is 31.1 Å². The third-order valence-corrected chi connectivity index (χ3v) is 8.10. The molecular formula is C25H31N3O6S. The summed E-state index contributed by atoms with van der Waals surface area (Å²) in [6, 6.07) is 11.9. The number of hydrogen-bond donors (Lipinski definition) is 2. The average molecular weight is 502 g/mol. The van der Waals surface area contributed by atoms with Gasteiger partial charge in [0, 0.05) is 50.1 Å². The van der Waals surface area contributed by atoms with Crippen LogP contribution < -0.4 is 20.1 Å². The molecule has 0 aliphatic carbocycles. The lowest BCUT2D eigenvalue weighted by molar-refractivity contribution is -0.126. The smallest absolute Gasteiger partial charge is 0.251 e. The van der Waals surface area contributed by atoms with Crippen molar-refractivity contribution in [3.8, 4) is 11.5 Å². The van der Waals surface area contributed by atoms with Crippen molar-refractivity contribution in [2.75, 3.05) is 39.4 Å². The summed E-state index contributed by atoms with van der Waals surface area (Å²) in [7, 11) is -3.70. The van der Waals surface area contributed by atoms with Crippen LogP contribution in [0.4, 0.5) is 0 Å². The summed E-state index contributed by atoms with van der Waals surface area (Å²) in [6.07, 6.45) is 1.61. The molecule has 0 spiro atoms. The molecule has 1 fully saturated rings. The molecule has 2 aliphatic heterocycles. The third-order valence-electron chi connectivity index (χ3n) is 6.21. The van der Waals surface area contributed by atoms with Crippen molar-refractivity contribution in [1.82, 2.24) is 14.9 Å². The van der Waals surface area contributed by atoms with Crippen LogP contribution in [0.25, 0.3) is 0 Å². The van der Waals surface area contributed by atoms with Crippen LogP contribution in [-0.4, -0.2) is 63.9 Å². The van der Waals surface area contributed by atoms with Gasteiger partial charge in [-0.1, -0.05) is 17.7 Å². The number of nitrogens with zero attached hydrogens (tertiary/aromatic N) is 1. The van der Waals surface area contributed by atoms with Crippen LogP contribution >= 0.6 is 0 Å². The molecule has 2 aromatic carbocycles. The number of benzene rings is 2. The number of aryl methyl sites for hydroxylation is 1. The molecule has 2 aromatic rings. The minimum absolute atomic E-state index is 0.123. The molecule has 2 N–H and O–H groups in total. The van der Waals surface area contributed by atoms with Gasteiger partial charge in [-0.2, -0.15) is 4.31 Å². The fourth-order valence-electron chi connectivity index (χ4n) is 4.12. The van der Waals surface area contributed by atoms with E-state index in [2.05, 4.69) is 10.6 Å². The highest BCUT2D eigenvalue weighted by molar-refractivity contribution is 7.89. The highest BCUT2D eigenvalue weighted by atomic mass is 32.2. The van der Waals surface area contributed by atoms with E-state index in [1.54, 1.807) is 18.2 Å². The Morgan fingerprint density at radius 1 is 0.943 bits per heavy atom. The first-order valence-corrected chi connectivity index (χ1v) is 13.3. The highest BCUT2D eigenvalue weighted by Gasteiger charge is 2.32. The first-order chi connectivity index (χ1) is 16.8. The van der Waals surface area contributed by atoms with E-state index in [0.717, 1.165) is 12.0 Å². The fraction of sp³-hybridized carbons (Fsp3) is 0.440. The van der Waals surface area contributed by atoms with E-state index in [1.807, 2.05) is 19.1 Å². The second-order valence-electron chi connectivity index (χ2n) is 8.75. The monoisotopic (exact) mass is 501 g/mol. The molecular weight excluding hydrogens is 470 g/mol. The van der Waals surface area contributed by atoms with Crippen LogP contribution in [0.5, 0.6) is 11.5 Å². The lowest BCUT2D eigenvalue weighted by Crippen LogP contribution is -2.44. The molecule has 10 heteroatoms. The maximum Gasteiger partial charge on any atom is 0.251 e. The predicted octanol–water partition coefficient (Wildman–Crippen LogP) is 2.10. The van der Waals surface area contributed by atoms with Crippen molar-refractivity contribution in [2.24, 2.45) is 5.92 Å². The Bertz CT molecular complexity index is 1160. The van der Waals surface area contributed by atoms with Crippen molar-refractivity contribution < 1.29 is 27.5 Å². The van der Waals surface area contributed by atoms with Gasteiger partial charge in [0.1, 0.15) is 0 Å². The van der Waals surface area contributed by atoms with Crippen molar-refractivity contribution >= 4 is 21.8 Å². The number of carbonyl (C=O) groups is 2. The number of sulfonamides is 1. The molecule has 0 saturated carbocycles. The normalized spacial score (nSPS) is 16.8. The summed E-state index contributed by atoms with van der Waals surface area (Å²) in [4.78, 5) is 24.9. The number of carbonyl (C=O) groups excluding carboxylic acids is 2. The maximum absolute atomic E-state index is 13.1. The molecule has 2 amide bonds. The van der Waals surface area contributed by atoms with Crippen LogP contribution in [0.3, 0.4) is 0 Å². The molecule has 0 atom stereocenters. The molecule has 1 saturated heterocycles. The van der Waals surface area contributed by atoms with Gasteiger partial charge in [0.15, 0.2) is 11.5 Å². The number of nitrogens with one attached hydrogen (secondary N) is 2. The number of hydrogen-bond acceptors (Lipinski definition) is 6. The minimum Gasteiger partial charge on any atom is -0.490 e. The lowest BCUT2D eigenvalue weighted by Gasteiger charge is -2.30. The minimum atomic E-state index is -3.70. The van der Waals surface area contributed by atoms with Gasteiger partial charge in [0.2, 0.25) is 15.9 Å². The number of fused-ring (bicyclic) bond motifs is 1. The van der Waals surface area contributed by atoms with Crippen LogP contribution in [0, 0.1) is 12.8 Å². The van der Waals surface area contributed by atoms with E-state index in [0.29, 0.717) is 56.2 Å². The quantitative estimate of drug-likeness (QED) is 0.562. The Hall–Kier alpha value is -3.11. The van der Waals surface area contributed by atoms with E-state index in [9.17, 15) is 18.0 Å². The molecule has 0 bridgehead atoms. The van der Waals surface area contributed by atoms with Gasteiger partial charge in [-0.15, -0.1) is 0 Å². The van der Waals surface area contributed by atoms with Crippen molar-refractivity contribution in [3.05, 3.63) is 53.6 Å². The average Bonchev–Trinajstić information content (AvgIpc) is 3.12. The van der Waals surface area contributed by atoms with E-state index in [1.165, 1.54) is 16.4 Å². The van der Waals surface area contributed by atoms with Gasteiger partial charge in [-0.3, -0.25) is 9.59 Å². The molecule has 4 rings (SSSR count). The van der Waals surface area contributed by atoms with Crippen LogP contribution in [0.1, 0.15) is 35.2 Å². The first-order valence-electron chi connectivity index (χ1n) is 11.9. The molecule has 2 aliphatic rings.